The Kier molecular flexibility index (Phi) is 10.9. The molecule has 5 fully saturated rings. The van der Waals surface area contributed by atoms with Crippen molar-refractivity contribution in [3.8, 4) is 0 Å². The van der Waals surface area contributed by atoms with E-state index in [2.05, 4.69) is 24.0 Å². The average molecular weight is 755 g/mol. The number of amides is 2. The molecule has 296 valence electrons. The van der Waals surface area contributed by atoms with Crippen LogP contribution in [0.25, 0.3) is 10.8 Å². The van der Waals surface area contributed by atoms with Gasteiger partial charge in [0.1, 0.15) is 5.82 Å². The van der Waals surface area contributed by atoms with Gasteiger partial charge in [-0.2, -0.15) is 5.10 Å². The van der Waals surface area contributed by atoms with Crippen LogP contribution in [-0.2, 0) is 16.0 Å². The number of hydrogen-bond acceptors (Lipinski definition) is 6. The second kappa shape index (κ2) is 15.7. The highest BCUT2D eigenvalue weighted by molar-refractivity contribution is 5.95. The standard InChI is InChI=1S/C45H59FN4O5/c1-44-19-17-31(51)28-30(44)12-13-34-36-14-16-40(45(36,2)20-18-37(34)44)55-25-7-3-4-10-41(52)49-21-23-50(24-22-49)43(54)35-26-29(11-15-38(35)46)27-39-32-8-5-6-9-33(32)42(53)48-47-39/h5-6,8-9,11,15,26,30-31,34,36-37,40,51H,3-4,7,10,12-14,16-25,27-28H2,1-2H3,(H,48,53)/t30-,31-,34-,36-,37-,40?,44-,45-/m0/s1. The van der Waals surface area contributed by atoms with Crippen molar-refractivity contribution >= 4 is 22.6 Å². The Labute approximate surface area is 324 Å². The van der Waals surface area contributed by atoms with Crippen molar-refractivity contribution in [3.63, 3.8) is 0 Å². The Morgan fingerprint density at radius 3 is 2.45 bits per heavy atom. The highest BCUT2D eigenvalue weighted by Gasteiger charge is 2.60. The van der Waals surface area contributed by atoms with Gasteiger partial charge in [-0.1, -0.05) is 44.5 Å². The molecule has 9 nitrogen and oxygen atoms in total. The van der Waals surface area contributed by atoms with Crippen molar-refractivity contribution in [1.29, 1.82) is 0 Å². The summed E-state index contributed by atoms with van der Waals surface area (Å²) in [5.74, 6) is 2.21. The molecule has 1 aliphatic heterocycles. The zero-order chi connectivity index (χ0) is 38.3. The van der Waals surface area contributed by atoms with E-state index >= 15 is 0 Å². The van der Waals surface area contributed by atoms with E-state index < -0.39 is 5.82 Å². The minimum atomic E-state index is -0.581. The Morgan fingerprint density at radius 1 is 0.891 bits per heavy atom. The molecule has 0 radical (unpaired) electrons. The summed E-state index contributed by atoms with van der Waals surface area (Å²) in [6.07, 6.45) is 14.6. The topological polar surface area (TPSA) is 116 Å². The maximum Gasteiger partial charge on any atom is 0.272 e. The molecule has 0 spiro atoms. The lowest BCUT2D eigenvalue weighted by Gasteiger charge is -2.60. The summed E-state index contributed by atoms with van der Waals surface area (Å²) < 4.78 is 21.6. The third kappa shape index (κ3) is 7.38. The fraction of sp³-hybridized carbons (Fsp3) is 0.644. The summed E-state index contributed by atoms with van der Waals surface area (Å²) in [7, 11) is 0. The zero-order valence-electron chi connectivity index (χ0n) is 32.7. The molecule has 8 atom stereocenters. The van der Waals surface area contributed by atoms with Crippen LogP contribution in [0.3, 0.4) is 0 Å². The van der Waals surface area contributed by atoms with Crippen LogP contribution in [-0.4, -0.2) is 81.9 Å². The molecule has 5 aliphatic rings. The lowest BCUT2D eigenvalue weighted by Crippen LogP contribution is -2.54. The fourth-order valence-corrected chi connectivity index (χ4v) is 12.1. The molecule has 4 aliphatic carbocycles. The van der Waals surface area contributed by atoms with Gasteiger partial charge in [0.2, 0.25) is 5.91 Å². The summed E-state index contributed by atoms with van der Waals surface area (Å²) in [6.45, 7) is 7.42. The molecule has 2 aromatic carbocycles. The predicted octanol–water partition coefficient (Wildman–Crippen LogP) is 7.29. The highest BCUT2D eigenvalue weighted by Crippen LogP contribution is 2.66. The highest BCUT2D eigenvalue weighted by atomic mass is 19.1. The van der Waals surface area contributed by atoms with E-state index in [-0.39, 0.29) is 34.5 Å². The Balaban J connectivity index is 0.760. The summed E-state index contributed by atoms with van der Waals surface area (Å²) in [5.41, 5.74) is 1.77. The number of halogens is 1. The number of H-pyrrole nitrogens is 1. The number of rotatable bonds is 10. The summed E-state index contributed by atoms with van der Waals surface area (Å²) in [5, 5.41) is 18.4. The first-order chi connectivity index (χ1) is 26.5. The van der Waals surface area contributed by atoms with Crippen molar-refractivity contribution in [3.05, 3.63) is 75.5 Å². The monoisotopic (exact) mass is 754 g/mol. The SMILES string of the molecule is C[C@]12CC[C@H](O)C[C@@H]1CC[C@@H]1[C@@H]2CC[C@]2(C)C(OCCCCCC(=O)N3CCN(C(=O)c4cc(Cc5n[nH]c(=O)c6ccccc56)ccc4F)CC3)CC[C@@H]12. The number of aromatic nitrogens is 2. The van der Waals surface area contributed by atoms with Crippen LogP contribution in [0.15, 0.2) is 47.3 Å². The van der Waals surface area contributed by atoms with Crippen LogP contribution in [0, 0.1) is 40.3 Å². The molecule has 1 aromatic heterocycles. The van der Waals surface area contributed by atoms with E-state index in [0.29, 0.717) is 67.5 Å². The van der Waals surface area contributed by atoms with Gasteiger partial charge in [-0.15, -0.1) is 0 Å². The largest absolute Gasteiger partial charge is 0.393 e. The van der Waals surface area contributed by atoms with Gasteiger partial charge in [-0.05, 0) is 129 Å². The number of carbonyl (C=O) groups excluding carboxylic acids is 2. The van der Waals surface area contributed by atoms with Gasteiger partial charge in [0, 0.05) is 51.0 Å². The minimum absolute atomic E-state index is 0.00507. The maximum absolute atomic E-state index is 15.0. The van der Waals surface area contributed by atoms with Gasteiger partial charge in [0.15, 0.2) is 0 Å². The second-order valence-electron chi connectivity index (χ2n) is 18.1. The van der Waals surface area contributed by atoms with Gasteiger partial charge in [-0.25, -0.2) is 9.49 Å². The number of ether oxygens (including phenoxy) is 1. The number of piperazine rings is 1. The van der Waals surface area contributed by atoms with Crippen LogP contribution in [0.5, 0.6) is 0 Å². The van der Waals surface area contributed by atoms with Crippen molar-refractivity contribution in [1.82, 2.24) is 20.0 Å². The van der Waals surface area contributed by atoms with E-state index in [1.807, 2.05) is 17.0 Å². The third-order valence-corrected chi connectivity index (χ3v) is 15.2. The minimum Gasteiger partial charge on any atom is -0.393 e. The summed E-state index contributed by atoms with van der Waals surface area (Å²) in [6, 6.07) is 11.7. The molecule has 2 amide bonds. The number of aromatic amines is 1. The number of fused-ring (bicyclic) bond motifs is 6. The van der Waals surface area contributed by atoms with E-state index in [9.17, 15) is 23.9 Å². The number of nitrogens with zero attached hydrogens (tertiary/aromatic N) is 3. The predicted molar refractivity (Wildman–Crippen MR) is 210 cm³/mol. The lowest BCUT2D eigenvalue weighted by molar-refractivity contribution is -0.141. The molecule has 0 bridgehead atoms. The second-order valence-corrected chi connectivity index (χ2v) is 18.1. The van der Waals surface area contributed by atoms with E-state index in [1.165, 1.54) is 51.0 Å². The molecule has 4 saturated carbocycles. The number of nitrogens with one attached hydrogen (secondary N) is 1. The number of aliphatic hydroxyl groups is 1. The molecular weight excluding hydrogens is 696 g/mol. The van der Waals surface area contributed by atoms with Gasteiger partial charge < -0.3 is 19.6 Å². The van der Waals surface area contributed by atoms with Crippen molar-refractivity contribution in [2.24, 2.45) is 34.5 Å². The molecule has 3 aromatic rings. The summed E-state index contributed by atoms with van der Waals surface area (Å²) in [4.78, 5) is 42.2. The normalized spacial score (nSPS) is 31.9. The first-order valence-corrected chi connectivity index (χ1v) is 21.2. The first-order valence-electron chi connectivity index (χ1n) is 21.2. The van der Waals surface area contributed by atoms with E-state index in [0.717, 1.165) is 67.4 Å². The summed E-state index contributed by atoms with van der Waals surface area (Å²) >= 11 is 0. The van der Waals surface area contributed by atoms with Crippen molar-refractivity contribution < 1.29 is 23.8 Å². The van der Waals surface area contributed by atoms with Crippen LogP contribution < -0.4 is 5.56 Å². The Hall–Kier alpha value is -3.63. The van der Waals surface area contributed by atoms with E-state index in [4.69, 9.17) is 4.74 Å². The van der Waals surface area contributed by atoms with Crippen LogP contribution in [0.4, 0.5) is 4.39 Å². The maximum atomic E-state index is 15.0. The first kappa shape index (κ1) is 38.3. The number of aliphatic hydroxyl groups excluding tert-OH is 1. The molecule has 55 heavy (non-hydrogen) atoms. The Morgan fingerprint density at radius 2 is 1.64 bits per heavy atom. The van der Waals surface area contributed by atoms with Gasteiger partial charge in [0.05, 0.1) is 28.9 Å². The average Bonchev–Trinajstić information content (AvgIpc) is 3.54. The lowest BCUT2D eigenvalue weighted by atomic mass is 9.45. The van der Waals surface area contributed by atoms with Crippen LogP contribution in [0.2, 0.25) is 0 Å². The molecule has 2 N–H and O–H groups in total. The fourth-order valence-electron chi connectivity index (χ4n) is 12.1. The molecule has 1 unspecified atom stereocenters. The number of unbranched alkanes of at least 4 members (excludes halogenated alkanes) is 2. The molecule has 10 heteroatoms. The van der Waals surface area contributed by atoms with Gasteiger partial charge in [0.25, 0.3) is 11.5 Å². The zero-order valence-corrected chi connectivity index (χ0v) is 32.7. The quantitative estimate of drug-likeness (QED) is 0.210. The van der Waals surface area contributed by atoms with Gasteiger partial charge >= 0.3 is 0 Å². The third-order valence-electron chi connectivity index (χ3n) is 15.2. The van der Waals surface area contributed by atoms with Crippen molar-refractivity contribution in [2.45, 2.75) is 116 Å². The number of hydrogen-bond donors (Lipinski definition) is 2. The molecular formula is C45H59FN4O5. The Bertz CT molecular complexity index is 1940. The van der Waals surface area contributed by atoms with Gasteiger partial charge in [-0.3, -0.25) is 14.4 Å². The molecule has 1 saturated heterocycles. The number of carbonyl (C=O) groups is 2. The van der Waals surface area contributed by atoms with E-state index in [1.54, 1.807) is 29.2 Å². The van der Waals surface area contributed by atoms with Crippen molar-refractivity contribution in [2.75, 3.05) is 32.8 Å². The smallest absolute Gasteiger partial charge is 0.272 e. The van der Waals surface area contributed by atoms with Crippen LogP contribution >= 0.6 is 0 Å². The molecule has 2 heterocycles. The van der Waals surface area contributed by atoms with Crippen LogP contribution in [0.1, 0.15) is 119 Å². The molecule has 8 rings (SSSR count). The number of benzene rings is 2.